The number of carbonyl (C=O) groups excluding carboxylic acids is 1. The first-order chi connectivity index (χ1) is 6.70. The average molecular weight is 213 g/mol. The van der Waals surface area contributed by atoms with Gasteiger partial charge >= 0.3 is 5.97 Å². The van der Waals surface area contributed by atoms with Gasteiger partial charge in [-0.1, -0.05) is 27.4 Å². The zero-order valence-electron chi connectivity index (χ0n) is 10.7. The number of rotatable bonds is 4. The molecule has 0 saturated carbocycles. The lowest BCUT2D eigenvalue weighted by molar-refractivity contribution is -0.152. The van der Waals surface area contributed by atoms with E-state index >= 15 is 0 Å². The maximum atomic E-state index is 11.2. The summed E-state index contributed by atoms with van der Waals surface area (Å²) >= 11 is 0. The van der Waals surface area contributed by atoms with Crippen LogP contribution in [-0.4, -0.2) is 37.1 Å². The first-order valence-corrected chi connectivity index (χ1v) is 5.19. The van der Waals surface area contributed by atoms with Gasteiger partial charge in [0, 0.05) is 17.5 Å². The van der Waals surface area contributed by atoms with Crippen molar-refractivity contribution in [2.75, 3.05) is 14.1 Å². The zero-order chi connectivity index (χ0) is 12.2. The van der Waals surface area contributed by atoms with Crippen molar-refractivity contribution in [3.8, 4) is 0 Å². The molecule has 0 radical (unpaired) electrons. The van der Waals surface area contributed by atoms with Crippen LogP contribution < -0.4 is 0 Å². The van der Waals surface area contributed by atoms with Gasteiger partial charge in [-0.05, 0) is 21.0 Å². The van der Waals surface area contributed by atoms with E-state index in [1.807, 2.05) is 25.9 Å². The molecule has 0 bridgehead atoms. The quantitative estimate of drug-likeness (QED) is 0.529. The van der Waals surface area contributed by atoms with Crippen molar-refractivity contribution >= 4 is 5.97 Å². The second kappa shape index (κ2) is 5.31. The highest BCUT2D eigenvalue weighted by Crippen LogP contribution is 2.26. The van der Waals surface area contributed by atoms with Crippen LogP contribution in [0.1, 0.15) is 27.7 Å². The van der Waals surface area contributed by atoms with E-state index in [2.05, 4.69) is 27.4 Å². The highest BCUT2D eigenvalue weighted by molar-refractivity contribution is 5.81. The summed E-state index contributed by atoms with van der Waals surface area (Å²) in [7, 11) is 3.95. The molecule has 0 rings (SSSR count). The van der Waals surface area contributed by atoms with Gasteiger partial charge in [-0.25, -0.2) is 4.79 Å². The van der Waals surface area contributed by atoms with Gasteiger partial charge in [0.05, 0.1) is 0 Å². The largest absolute Gasteiger partial charge is 0.457 e. The topological polar surface area (TPSA) is 29.5 Å². The first kappa shape index (κ1) is 14.2. The fourth-order valence-corrected chi connectivity index (χ4v) is 1.44. The lowest BCUT2D eigenvalue weighted by Gasteiger charge is -2.37. The standard InChI is InChI=1S/C12H23NO2/c1-8-10(14)15-11(12(3,4)5)9(2)13(6)7/h8-9,11H,1H2,2-7H3. The lowest BCUT2D eigenvalue weighted by atomic mass is 9.84. The van der Waals surface area contributed by atoms with Gasteiger partial charge in [-0.2, -0.15) is 0 Å². The molecule has 0 N–H and O–H groups in total. The smallest absolute Gasteiger partial charge is 0.330 e. The summed E-state index contributed by atoms with van der Waals surface area (Å²) < 4.78 is 5.39. The Kier molecular flexibility index (Phi) is 5.01. The van der Waals surface area contributed by atoms with E-state index in [1.165, 1.54) is 6.08 Å². The van der Waals surface area contributed by atoms with E-state index in [9.17, 15) is 4.79 Å². The Morgan fingerprint density at radius 1 is 1.40 bits per heavy atom. The summed E-state index contributed by atoms with van der Waals surface area (Å²) in [6, 6.07) is 0.175. The third-order valence-electron chi connectivity index (χ3n) is 2.52. The molecule has 0 aliphatic heterocycles. The van der Waals surface area contributed by atoms with E-state index < -0.39 is 0 Å². The van der Waals surface area contributed by atoms with Crippen LogP contribution in [0.15, 0.2) is 12.7 Å². The molecule has 0 heterocycles. The number of hydrogen-bond acceptors (Lipinski definition) is 3. The molecule has 2 unspecified atom stereocenters. The molecular weight excluding hydrogens is 190 g/mol. The van der Waals surface area contributed by atoms with Crippen molar-refractivity contribution in [2.24, 2.45) is 5.41 Å². The number of ether oxygens (including phenoxy) is 1. The highest BCUT2D eigenvalue weighted by Gasteiger charge is 2.33. The summed E-state index contributed by atoms with van der Waals surface area (Å²) in [5, 5.41) is 0. The second-order valence-corrected chi connectivity index (χ2v) is 5.13. The van der Waals surface area contributed by atoms with Gasteiger partial charge in [0.15, 0.2) is 0 Å². The van der Waals surface area contributed by atoms with Gasteiger partial charge < -0.3 is 9.64 Å². The van der Waals surface area contributed by atoms with E-state index in [1.54, 1.807) is 0 Å². The van der Waals surface area contributed by atoms with Crippen LogP contribution in [0.3, 0.4) is 0 Å². The number of nitrogens with zero attached hydrogens (tertiary/aromatic N) is 1. The number of hydrogen-bond donors (Lipinski definition) is 0. The Morgan fingerprint density at radius 3 is 2.13 bits per heavy atom. The van der Waals surface area contributed by atoms with E-state index in [-0.39, 0.29) is 23.5 Å². The molecule has 0 saturated heterocycles. The summed E-state index contributed by atoms with van der Waals surface area (Å²) in [5.74, 6) is -0.358. The van der Waals surface area contributed by atoms with Crippen LogP contribution >= 0.6 is 0 Å². The molecular formula is C12H23NO2. The third kappa shape index (κ3) is 4.47. The SMILES string of the molecule is C=CC(=O)OC(C(C)N(C)C)C(C)(C)C. The minimum absolute atomic E-state index is 0.0810. The Labute approximate surface area is 93.1 Å². The van der Waals surface area contributed by atoms with Crippen LogP contribution in [0.2, 0.25) is 0 Å². The minimum atomic E-state index is -0.358. The molecule has 15 heavy (non-hydrogen) atoms. The molecule has 2 atom stereocenters. The van der Waals surface area contributed by atoms with Crippen LogP contribution in [0.4, 0.5) is 0 Å². The number of esters is 1. The third-order valence-corrected chi connectivity index (χ3v) is 2.52. The summed E-state index contributed by atoms with van der Waals surface area (Å²) in [5.41, 5.74) is -0.0810. The van der Waals surface area contributed by atoms with Crippen molar-refractivity contribution in [3.63, 3.8) is 0 Å². The summed E-state index contributed by atoms with van der Waals surface area (Å²) in [6.07, 6.45) is 1.07. The fraction of sp³-hybridized carbons (Fsp3) is 0.750. The summed E-state index contributed by atoms with van der Waals surface area (Å²) in [4.78, 5) is 13.3. The van der Waals surface area contributed by atoms with Crippen molar-refractivity contribution in [3.05, 3.63) is 12.7 Å². The van der Waals surface area contributed by atoms with Crippen molar-refractivity contribution in [2.45, 2.75) is 39.8 Å². The monoisotopic (exact) mass is 213 g/mol. The van der Waals surface area contributed by atoms with Gasteiger partial charge in [0.2, 0.25) is 0 Å². The predicted octanol–water partition coefficient (Wildman–Crippen LogP) is 2.08. The van der Waals surface area contributed by atoms with Crippen LogP contribution in [-0.2, 0) is 9.53 Å². The molecule has 0 aliphatic rings. The summed E-state index contributed by atoms with van der Waals surface area (Å²) in [6.45, 7) is 11.7. The number of carbonyl (C=O) groups is 1. The van der Waals surface area contributed by atoms with E-state index in [0.29, 0.717) is 0 Å². The molecule has 88 valence electrons. The first-order valence-electron chi connectivity index (χ1n) is 5.19. The Balaban J connectivity index is 4.74. The lowest BCUT2D eigenvalue weighted by Crippen LogP contribution is -2.46. The molecule has 0 aliphatic carbocycles. The molecule has 0 aromatic rings. The number of likely N-dealkylation sites (N-methyl/N-ethyl adjacent to an activating group) is 1. The van der Waals surface area contributed by atoms with Crippen molar-refractivity contribution in [1.82, 2.24) is 4.90 Å². The van der Waals surface area contributed by atoms with Gasteiger partial charge in [-0.3, -0.25) is 0 Å². The molecule has 3 heteroatoms. The Bertz CT molecular complexity index is 228. The Hall–Kier alpha value is -0.830. The maximum absolute atomic E-state index is 11.2. The molecule has 0 spiro atoms. The van der Waals surface area contributed by atoms with E-state index in [0.717, 1.165) is 0 Å². The van der Waals surface area contributed by atoms with Crippen molar-refractivity contribution < 1.29 is 9.53 Å². The van der Waals surface area contributed by atoms with Crippen LogP contribution in [0.25, 0.3) is 0 Å². The van der Waals surface area contributed by atoms with Crippen molar-refractivity contribution in [1.29, 1.82) is 0 Å². The normalized spacial score (nSPS) is 15.9. The molecule has 0 aromatic heterocycles. The highest BCUT2D eigenvalue weighted by atomic mass is 16.5. The van der Waals surface area contributed by atoms with Gasteiger partial charge in [0.25, 0.3) is 0 Å². The molecule has 3 nitrogen and oxygen atoms in total. The minimum Gasteiger partial charge on any atom is -0.457 e. The molecule has 0 amide bonds. The molecule has 0 aromatic carbocycles. The van der Waals surface area contributed by atoms with Crippen LogP contribution in [0.5, 0.6) is 0 Å². The van der Waals surface area contributed by atoms with E-state index in [4.69, 9.17) is 4.74 Å². The zero-order valence-corrected chi connectivity index (χ0v) is 10.7. The molecule has 0 fully saturated rings. The van der Waals surface area contributed by atoms with Gasteiger partial charge in [0.1, 0.15) is 6.10 Å². The average Bonchev–Trinajstić information content (AvgIpc) is 2.10. The second-order valence-electron chi connectivity index (χ2n) is 5.13. The fourth-order valence-electron chi connectivity index (χ4n) is 1.44. The van der Waals surface area contributed by atoms with Crippen LogP contribution in [0, 0.1) is 5.41 Å². The predicted molar refractivity (Wildman–Crippen MR) is 62.7 cm³/mol. The maximum Gasteiger partial charge on any atom is 0.330 e. The van der Waals surface area contributed by atoms with Gasteiger partial charge in [-0.15, -0.1) is 0 Å². The Morgan fingerprint density at radius 2 is 1.87 bits per heavy atom.